The van der Waals surface area contributed by atoms with Crippen molar-refractivity contribution in [2.75, 3.05) is 19.8 Å². The van der Waals surface area contributed by atoms with Gasteiger partial charge in [0.25, 0.3) is 0 Å². The van der Waals surface area contributed by atoms with Gasteiger partial charge in [-0.05, 0) is 36.1 Å². The molecule has 1 aromatic carbocycles. The lowest BCUT2D eigenvalue weighted by Gasteiger charge is -2.24. The summed E-state index contributed by atoms with van der Waals surface area (Å²) in [5, 5.41) is 6.31. The van der Waals surface area contributed by atoms with Crippen molar-refractivity contribution < 1.29 is 13.9 Å². The van der Waals surface area contributed by atoms with E-state index < -0.39 is 0 Å². The number of hydrogen-bond acceptors (Lipinski definition) is 3. The summed E-state index contributed by atoms with van der Waals surface area (Å²) < 4.78 is 18.5. The van der Waals surface area contributed by atoms with E-state index in [-0.39, 0.29) is 36.2 Å². The predicted octanol–water partition coefficient (Wildman–Crippen LogP) is 1.73. The van der Waals surface area contributed by atoms with Gasteiger partial charge >= 0.3 is 0 Å². The molecule has 116 valence electrons. The number of carbonyl (C=O) groups is 1. The van der Waals surface area contributed by atoms with Crippen LogP contribution in [0.5, 0.6) is 0 Å². The second-order valence-electron chi connectivity index (χ2n) is 5.43. The van der Waals surface area contributed by atoms with Gasteiger partial charge in [0.05, 0.1) is 19.3 Å². The Morgan fingerprint density at radius 3 is 3.10 bits per heavy atom. The van der Waals surface area contributed by atoms with Crippen LogP contribution in [0.3, 0.4) is 0 Å². The largest absolute Gasteiger partial charge is 0.378 e. The number of carbonyl (C=O) groups excluding carboxylic acids is 1. The Balaban J connectivity index is 0.00000161. The first-order valence-corrected chi connectivity index (χ1v) is 7.11. The van der Waals surface area contributed by atoms with Crippen LogP contribution in [0.4, 0.5) is 4.39 Å². The molecule has 6 heteroatoms. The highest BCUT2D eigenvalue weighted by Gasteiger charge is 2.25. The Morgan fingerprint density at radius 1 is 1.48 bits per heavy atom. The molecular weight excluding hydrogens is 295 g/mol. The van der Waals surface area contributed by atoms with Crippen LogP contribution in [0.15, 0.2) is 18.2 Å². The van der Waals surface area contributed by atoms with Gasteiger partial charge in [0, 0.05) is 19.0 Å². The molecule has 1 amide bonds. The lowest BCUT2D eigenvalue weighted by Crippen LogP contribution is -2.44. The maximum atomic E-state index is 13.2. The minimum Gasteiger partial charge on any atom is -0.378 e. The van der Waals surface area contributed by atoms with E-state index >= 15 is 0 Å². The number of morpholine rings is 1. The lowest BCUT2D eigenvalue weighted by molar-refractivity contribution is -0.123. The minimum atomic E-state index is -0.209. The summed E-state index contributed by atoms with van der Waals surface area (Å²) in [6.45, 7) is 2.09. The molecule has 0 bridgehead atoms. The quantitative estimate of drug-likeness (QED) is 0.893. The number of aryl methyl sites for hydroxylation is 1. The second-order valence-corrected chi connectivity index (χ2v) is 5.43. The van der Waals surface area contributed by atoms with Crippen molar-refractivity contribution in [3.63, 3.8) is 0 Å². The van der Waals surface area contributed by atoms with Gasteiger partial charge in [-0.15, -0.1) is 12.4 Å². The molecule has 1 aliphatic heterocycles. The molecule has 2 aliphatic rings. The van der Waals surface area contributed by atoms with Gasteiger partial charge in [0.2, 0.25) is 5.91 Å². The van der Waals surface area contributed by atoms with Crippen molar-refractivity contribution in [3.8, 4) is 0 Å². The third-order valence-corrected chi connectivity index (χ3v) is 3.95. The van der Waals surface area contributed by atoms with Gasteiger partial charge in [-0.25, -0.2) is 4.39 Å². The van der Waals surface area contributed by atoms with Gasteiger partial charge < -0.3 is 15.4 Å². The molecule has 0 aromatic heterocycles. The Hall–Kier alpha value is -1.17. The summed E-state index contributed by atoms with van der Waals surface area (Å²) >= 11 is 0. The number of hydrogen-bond donors (Lipinski definition) is 2. The van der Waals surface area contributed by atoms with Crippen LogP contribution >= 0.6 is 12.4 Å². The smallest absolute Gasteiger partial charge is 0.222 e. The maximum absolute atomic E-state index is 13.2. The fourth-order valence-electron chi connectivity index (χ4n) is 2.96. The van der Waals surface area contributed by atoms with E-state index in [1.165, 1.54) is 6.07 Å². The zero-order valence-electron chi connectivity index (χ0n) is 11.7. The average molecular weight is 315 g/mol. The van der Waals surface area contributed by atoms with Crippen molar-refractivity contribution >= 4 is 18.3 Å². The molecule has 0 spiro atoms. The molecule has 1 aromatic rings. The summed E-state index contributed by atoms with van der Waals surface area (Å²) in [5.41, 5.74) is 2.06. The van der Waals surface area contributed by atoms with Crippen molar-refractivity contribution in [1.29, 1.82) is 0 Å². The van der Waals surface area contributed by atoms with Crippen LogP contribution in [0.2, 0.25) is 0 Å². The van der Waals surface area contributed by atoms with Gasteiger partial charge in [0.15, 0.2) is 0 Å². The molecule has 2 atom stereocenters. The fraction of sp³-hybridized carbons (Fsp3) is 0.533. The number of fused-ring (bicyclic) bond motifs is 1. The number of benzene rings is 1. The molecule has 3 rings (SSSR count). The number of ether oxygens (including phenoxy) is 1. The monoisotopic (exact) mass is 314 g/mol. The molecule has 1 heterocycles. The van der Waals surface area contributed by atoms with Crippen LogP contribution < -0.4 is 10.6 Å². The van der Waals surface area contributed by atoms with Crippen LogP contribution in [0, 0.1) is 5.82 Å². The fourth-order valence-corrected chi connectivity index (χ4v) is 2.96. The standard InChI is InChI=1S/C15H19FN2O2.ClH/c16-11-2-3-13-10(7-11)1-4-14(13)18-15(19)8-12-9-20-6-5-17-12;/h2-3,7,12,14,17H,1,4-6,8-9H2,(H,18,19);1H. The molecule has 2 N–H and O–H groups in total. The van der Waals surface area contributed by atoms with E-state index in [9.17, 15) is 9.18 Å². The summed E-state index contributed by atoms with van der Waals surface area (Å²) in [4.78, 5) is 12.1. The predicted molar refractivity (Wildman–Crippen MR) is 80.1 cm³/mol. The highest BCUT2D eigenvalue weighted by molar-refractivity contribution is 5.85. The highest BCUT2D eigenvalue weighted by Crippen LogP contribution is 2.31. The van der Waals surface area contributed by atoms with Crippen molar-refractivity contribution in [1.82, 2.24) is 10.6 Å². The Bertz CT molecular complexity index is 506. The second kappa shape index (κ2) is 7.20. The van der Waals surface area contributed by atoms with E-state index in [0.717, 1.165) is 30.5 Å². The lowest BCUT2D eigenvalue weighted by atomic mass is 10.1. The van der Waals surface area contributed by atoms with Crippen LogP contribution in [-0.2, 0) is 16.0 Å². The molecule has 21 heavy (non-hydrogen) atoms. The molecule has 2 unspecified atom stereocenters. The van der Waals surface area contributed by atoms with Gasteiger partial charge in [-0.3, -0.25) is 4.79 Å². The van der Waals surface area contributed by atoms with E-state index in [1.54, 1.807) is 12.1 Å². The zero-order chi connectivity index (χ0) is 13.9. The number of rotatable bonds is 3. The molecule has 1 aliphatic carbocycles. The van der Waals surface area contributed by atoms with Crippen LogP contribution in [-0.4, -0.2) is 31.7 Å². The average Bonchev–Trinajstić information content (AvgIpc) is 2.82. The normalized spacial score (nSPS) is 24.0. The zero-order valence-corrected chi connectivity index (χ0v) is 12.5. The summed E-state index contributed by atoms with van der Waals surface area (Å²) in [7, 11) is 0. The van der Waals surface area contributed by atoms with E-state index in [1.807, 2.05) is 0 Å². The van der Waals surface area contributed by atoms with Gasteiger partial charge in [-0.1, -0.05) is 6.07 Å². The molecule has 0 radical (unpaired) electrons. The Morgan fingerprint density at radius 2 is 2.33 bits per heavy atom. The Kier molecular flexibility index (Phi) is 5.56. The number of halogens is 2. The van der Waals surface area contributed by atoms with Gasteiger partial charge in [0.1, 0.15) is 5.82 Å². The van der Waals surface area contributed by atoms with Crippen molar-refractivity contribution in [3.05, 3.63) is 35.1 Å². The number of amides is 1. The third kappa shape index (κ3) is 3.93. The summed E-state index contributed by atoms with van der Waals surface area (Å²) in [6.07, 6.45) is 2.09. The molecular formula is C15H20ClFN2O2. The highest BCUT2D eigenvalue weighted by atomic mass is 35.5. The SMILES string of the molecule is Cl.O=C(CC1COCCN1)NC1CCc2cc(F)ccc21. The Labute approximate surface area is 129 Å². The summed E-state index contributed by atoms with van der Waals surface area (Å²) in [5.74, 6) is -0.186. The maximum Gasteiger partial charge on any atom is 0.222 e. The summed E-state index contributed by atoms with van der Waals surface area (Å²) in [6, 6.07) is 4.92. The topological polar surface area (TPSA) is 50.4 Å². The minimum absolute atomic E-state index is 0. The first-order chi connectivity index (χ1) is 9.72. The van der Waals surface area contributed by atoms with E-state index in [2.05, 4.69) is 10.6 Å². The van der Waals surface area contributed by atoms with Crippen molar-refractivity contribution in [2.24, 2.45) is 0 Å². The molecule has 1 saturated heterocycles. The molecule has 4 nitrogen and oxygen atoms in total. The first kappa shape index (κ1) is 16.2. The van der Waals surface area contributed by atoms with Crippen LogP contribution in [0.25, 0.3) is 0 Å². The number of nitrogens with one attached hydrogen (secondary N) is 2. The third-order valence-electron chi connectivity index (χ3n) is 3.95. The van der Waals surface area contributed by atoms with Crippen LogP contribution in [0.1, 0.15) is 30.0 Å². The van der Waals surface area contributed by atoms with Crippen molar-refractivity contribution in [2.45, 2.75) is 31.3 Å². The van der Waals surface area contributed by atoms with Gasteiger partial charge in [-0.2, -0.15) is 0 Å². The van der Waals surface area contributed by atoms with E-state index in [0.29, 0.717) is 19.6 Å². The van der Waals surface area contributed by atoms with E-state index in [4.69, 9.17) is 4.74 Å². The molecule has 0 saturated carbocycles. The first-order valence-electron chi connectivity index (χ1n) is 7.11. The molecule has 1 fully saturated rings.